The Morgan fingerprint density at radius 1 is 1.24 bits per heavy atom. The van der Waals surface area contributed by atoms with E-state index in [4.69, 9.17) is 9.16 Å². The summed E-state index contributed by atoms with van der Waals surface area (Å²) in [6.07, 6.45) is 1.68. The van der Waals surface area contributed by atoms with E-state index in [0.29, 0.717) is 25.9 Å². The highest BCUT2D eigenvalue weighted by atomic mass is 28.4. The fourth-order valence-electron chi connectivity index (χ4n) is 2.44. The number of hydrogen-bond donors (Lipinski definition) is 0. The first-order valence-electron chi connectivity index (χ1n) is 7.56. The summed E-state index contributed by atoms with van der Waals surface area (Å²) in [4.78, 5) is 13.8. The fraction of sp³-hybridized carbons (Fsp3) is 0.867. The van der Waals surface area contributed by atoms with Gasteiger partial charge in [0.25, 0.3) is 0 Å². The van der Waals surface area contributed by atoms with Gasteiger partial charge in [-0.05, 0) is 53.3 Å². The smallest absolute Gasteiger partial charge is 0.410 e. The van der Waals surface area contributed by atoms with Crippen molar-refractivity contribution in [2.45, 2.75) is 70.9 Å². The topological polar surface area (TPSA) is 62.6 Å². The Morgan fingerprint density at radius 2 is 1.86 bits per heavy atom. The van der Waals surface area contributed by atoms with Crippen LogP contribution in [-0.4, -0.2) is 43.6 Å². The van der Waals surface area contributed by atoms with E-state index in [1.807, 2.05) is 20.8 Å². The molecule has 0 aromatic carbocycles. The van der Waals surface area contributed by atoms with Gasteiger partial charge in [-0.15, -0.1) is 0 Å². The normalized spacial score (nSPS) is 24.1. The third-order valence-electron chi connectivity index (χ3n) is 3.15. The third-order valence-corrected chi connectivity index (χ3v) is 4.15. The number of nitrogens with zero attached hydrogens (tertiary/aromatic N) is 2. The second-order valence-electron chi connectivity index (χ2n) is 7.64. The average molecular weight is 312 g/mol. The molecule has 1 unspecified atom stereocenters. The summed E-state index contributed by atoms with van der Waals surface area (Å²) in [7, 11) is -1.80. The van der Waals surface area contributed by atoms with Crippen molar-refractivity contribution in [3.63, 3.8) is 0 Å². The Balaban J connectivity index is 2.73. The Kier molecular flexibility index (Phi) is 5.45. The zero-order valence-electron chi connectivity index (χ0n) is 14.2. The molecule has 0 aromatic heterocycles. The maximum atomic E-state index is 12.1. The van der Waals surface area contributed by atoms with E-state index in [-0.39, 0.29) is 6.09 Å². The maximum absolute atomic E-state index is 12.1. The van der Waals surface area contributed by atoms with Gasteiger partial charge in [-0.3, -0.25) is 0 Å². The molecule has 0 saturated carbocycles. The monoisotopic (exact) mass is 312 g/mol. The lowest BCUT2D eigenvalue weighted by Gasteiger charge is -2.33. The molecule has 0 aromatic rings. The van der Waals surface area contributed by atoms with Gasteiger partial charge in [0.15, 0.2) is 8.32 Å². The quantitative estimate of drug-likeness (QED) is 0.732. The molecule has 0 bridgehead atoms. The van der Waals surface area contributed by atoms with Crippen molar-refractivity contribution in [2.24, 2.45) is 0 Å². The summed E-state index contributed by atoms with van der Waals surface area (Å²) in [6.45, 7) is 13.0. The second kappa shape index (κ2) is 6.37. The van der Waals surface area contributed by atoms with Gasteiger partial charge in [0.1, 0.15) is 11.2 Å². The van der Waals surface area contributed by atoms with E-state index in [1.54, 1.807) is 4.90 Å². The largest absolute Gasteiger partial charge is 0.444 e. The predicted octanol–water partition coefficient (Wildman–Crippen LogP) is 3.52. The van der Waals surface area contributed by atoms with Crippen LogP contribution in [0.25, 0.3) is 0 Å². The molecule has 1 amide bonds. The minimum absolute atomic E-state index is 0.302. The Labute approximate surface area is 129 Å². The van der Waals surface area contributed by atoms with Crippen molar-refractivity contribution in [1.82, 2.24) is 4.90 Å². The molecule has 1 heterocycles. The van der Waals surface area contributed by atoms with Crippen molar-refractivity contribution in [1.29, 1.82) is 5.26 Å². The number of hydrogen-bond acceptors (Lipinski definition) is 4. The zero-order chi connectivity index (χ0) is 16.3. The van der Waals surface area contributed by atoms with E-state index in [1.165, 1.54) is 0 Å². The average Bonchev–Trinajstić information content (AvgIpc) is 2.48. The highest BCUT2D eigenvalue weighted by molar-refractivity contribution is 6.69. The van der Waals surface area contributed by atoms with Gasteiger partial charge < -0.3 is 14.1 Å². The fourth-order valence-corrected chi connectivity index (χ4v) is 3.86. The number of rotatable bonds is 2. The van der Waals surface area contributed by atoms with Crippen LogP contribution in [0.15, 0.2) is 0 Å². The summed E-state index contributed by atoms with van der Waals surface area (Å²) in [5.41, 5.74) is -1.24. The van der Waals surface area contributed by atoms with Crippen molar-refractivity contribution in [3.8, 4) is 6.07 Å². The van der Waals surface area contributed by atoms with Gasteiger partial charge in [0, 0.05) is 19.5 Å². The Bertz CT molecular complexity index is 420. The predicted molar refractivity (Wildman–Crippen MR) is 84.4 cm³/mol. The summed E-state index contributed by atoms with van der Waals surface area (Å²) in [5.74, 6) is 0. The van der Waals surface area contributed by atoms with Crippen molar-refractivity contribution in [2.75, 3.05) is 13.1 Å². The summed E-state index contributed by atoms with van der Waals surface area (Å²) >= 11 is 0. The van der Waals surface area contributed by atoms with Gasteiger partial charge in [0.05, 0.1) is 6.07 Å². The molecular formula is C15H28N2O3Si. The molecule has 1 rings (SSSR count). The van der Waals surface area contributed by atoms with Crippen molar-refractivity contribution < 1.29 is 14.0 Å². The van der Waals surface area contributed by atoms with Gasteiger partial charge in [0.2, 0.25) is 0 Å². The number of carbonyl (C=O) groups excluding carboxylic acids is 1. The van der Waals surface area contributed by atoms with E-state index in [9.17, 15) is 10.1 Å². The van der Waals surface area contributed by atoms with Gasteiger partial charge in [-0.2, -0.15) is 5.26 Å². The van der Waals surface area contributed by atoms with Crippen LogP contribution in [0.5, 0.6) is 0 Å². The molecular weight excluding hydrogens is 284 g/mol. The number of ether oxygens (including phenoxy) is 1. The molecule has 0 spiro atoms. The second-order valence-corrected chi connectivity index (χ2v) is 12.1. The molecule has 6 heteroatoms. The lowest BCUT2D eigenvalue weighted by molar-refractivity contribution is 0.0244. The summed E-state index contributed by atoms with van der Waals surface area (Å²) < 4.78 is 11.5. The Hall–Kier alpha value is -1.06. The molecule has 120 valence electrons. The molecule has 1 fully saturated rings. The van der Waals surface area contributed by atoms with Crippen LogP contribution in [0.1, 0.15) is 40.0 Å². The van der Waals surface area contributed by atoms with Crippen LogP contribution >= 0.6 is 0 Å². The van der Waals surface area contributed by atoms with Gasteiger partial charge >= 0.3 is 6.09 Å². The van der Waals surface area contributed by atoms with Crippen LogP contribution < -0.4 is 0 Å². The standard InChI is InChI=1S/C15H28N2O3Si/c1-14(2,3)19-13(18)17-10-7-8-15(12-16,9-11-17)20-21(4,5)6/h7-11H2,1-6H3. The number of amides is 1. The van der Waals surface area contributed by atoms with Crippen LogP contribution in [0.2, 0.25) is 19.6 Å². The third kappa shape index (κ3) is 6.06. The Morgan fingerprint density at radius 3 is 2.33 bits per heavy atom. The van der Waals surface area contributed by atoms with E-state index in [0.717, 1.165) is 6.42 Å². The van der Waals surface area contributed by atoms with Crippen molar-refractivity contribution >= 4 is 14.4 Å². The van der Waals surface area contributed by atoms with Gasteiger partial charge in [-0.1, -0.05) is 0 Å². The molecule has 0 N–H and O–H groups in total. The zero-order valence-corrected chi connectivity index (χ0v) is 15.2. The van der Waals surface area contributed by atoms with Crippen LogP contribution in [-0.2, 0) is 9.16 Å². The highest BCUT2D eigenvalue weighted by Crippen LogP contribution is 2.30. The molecule has 1 aliphatic rings. The van der Waals surface area contributed by atoms with E-state index >= 15 is 0 Å². The molecule has 1 aliphatic heterocycles. The molecule has 0 aliphatic carbocycles. The van der Waals surface area contributed by atoms with Gasteiger partial charge in [-0.25, -0.2) is 4.79 Å². The first-order valence-corrected chi connectivity index (χ1v) is 11.0. The summed E-state index contributed by atoms with van der Waals surface area (Å²) in [5, 5.41) is 9.55. The molecule has 1 atom stereocenters. The number of likely N-dealkylation sites (tertiary alicyclic amines) is 1. The molecule has 0 radical (unpaired) electrons. The van der Waals surface area contributed by atoms with Crippen LogP contribution in [0, 0.1) is 11.3 Å². The highest BCUT2D eigenvalue weighted by Gasteiger charge is 2.39. The minimum atomic E-state index is -1.80. The lowest BCUT2D eigenvalue weighted by Crippen LogP contribution is -2.43. The lowest BCUT2D eigenvalue weighted by atomic mass is 9.97. The maximum Gasteiger partial charge on any atom is 0.410 e. The van der Waals surface area contributed by atoms with E-state index in [2.05, 4.69) is 25.7 Å². The minimum Gasteiger partial charge on any atom is -0.444 e. The van der Waals surface area contributed by atoms with Crippen molar-refractivity contribution in [3.05, 3.63) is 0 Å². The van der Waals surface area contributed by atoms with Crippen LogP contribution in [0.3, 0.4) is 0 Å². The molecule has 21 heavy (non-hydrogen) atoms. The molecule has 1 saturated heterocycles. The SMILES string of the molecule is CC(C)(C)OC(=O)N1CCCC(C#N)(O[Si](C)(C)C)CC1. The van der Waals surface area contributed by atoms with E-state index < -0.39 is 19.5 Å². The number of nitriles is 1. The molecule has 5 nitrogen and oxygen atoms in total. The first-order chi connectivity index (χ1) is 9.46. The van der Waals surface area contributed by atoms with Crippen LogP contribution in [0.4, 0.5) is 4.79 Å². The summed E-state index contributed by atoms with van der Waals surface area (Å²) in [6, 6.07) is 2.36. The number of carbonyl (C=O) groups is 1. The first kappa shape index (κ1) is 18.0.